The number of carbonyl (C=O) groups excluding carboxylic acids is 1. The molecule has 1 amide bonds. The Morgan fingerprint density at radius 3 is 2.42 bits per heavy atom. The van der Waals surface area contributed by atoms with Gasteiger partial charge in [-0.05, 0) is 24.1 Å². The summed E-state index contributed by atoms with van der Waals surface area (Å²) in [7, 11) is 0. The van der Waals surface area contributed by atoms with Crippen LogP contribution in [0, 0.1) is 0 Å². The van der Waals surface area contributed by atoms with E-state index in [-0.39, 0.29) is 31.2 Å². The van der Waals surface area contributed by atoms with Gasteiger partial charge in [0.15, 0.2) is 0 Å². The number of hydrogen-bond acceptors (Lipinski definition) is 3. The molecule has 1 heterocycles. The number of aryl methyl sites for hydroxylation is 1. The first-order valence-corrected chi connectivity index (χ1v) is 5.27. The van der Waals surface area contributed by atoms with Crippen LogP contribution in [0.3, 0.4) is 0 Å². The van der Waals surface area contributed by atoms with Crippen molar-refractivity contribution >= 4 is 30.7 Å². The van der Waals surface area contributed by atoms with Crippen LogP contribution in [0.15, 0.2) is 24.5 Å². The zero-order valence-electron chi connectivity index (χ0n) is 10.1. The van der Waals surface area contributed by atoms with Gasteiger partial charge >= 0.3 is 0 Å². The van der Waals surface area contributed by atoms with Crippen molar-refractivity contribution in [3.63, 3.8) is 0 Å². The van der Waals surface area contributed by atoms with Crippen LogP contribution >= 0.6 is 24.8 Å². The Morgan fingerprint density at radius 2 is 1.89 bits per heavy atom. The lowest BCUT2D eigenvalue weighted by molar-refractivity contribution is -0.122. The molecule has 0 unspecified atom stereocenters. The van der Waals surface area contributed by atoms with Gasteiger partial charge in [-0.3, -0.25) is 9.78 Å². The molecule has 0 aliphatic carbocycles. The van der Waals surface area contributed by atoms with Crippen LogP contribution in [0.5, 0.6) is 0 Å². The smallest absolute Gasteiger partial charge is 0.277 e. The van der Waals surface area contributed by atoms with E-state index in [1.807, 2.05) is 0 Å². The van der Waals surface area contributed by atoms with Crippen molar-refractivity contribution in [2.75, 3.05) is 13.1 Å². The molecule has 0 saturated carbocycles. The van der Waals surface area contributed by atoms with Crippen molar-refractivity contribution in [2.24, 2.45) is 5.73 Å². The van der Waals surface area contributed by atoms with E-state index < -0.39 is 24.9 Å². The Morgan fingerprint density at radius 1 is 1.32 bits per heavy atom. The number of carbonyl (C=O) groups is 1. The maximum atomic E-state index is 12.7. The summed E-state index contributed by atoms with van der Waals surface area (Å²) < 4.78 is 25.5. The lowest BCUT2D eigenvalue weighted by Crippen LogP contribution is -2.41. The molecule has 1 rings (SSSR count). The van der Waals surface area contributed by atoms with E-state index in [0.717, 1.165) is 5.56 Å². The molecule has 0 fully saturated rings. The lowest BCUT2D eigenvalue weighted by atomic mass is 10.1. The summed E-state index contributed by atoms with van der Waals surface area (Å²) in [6, 6.07) is 3.56. The summed E-state index contributed by atoms with van der Waals surface area (Å²) >= 11 is 0. The van der Waals surface area contributed by atoms with Crippen molar-refractivity contribution in [2.45, 2.75) is 18.8 Å². The number of alkyl halides is 2. The van der Waals surface area contributed by atoms with E-state index in [4.69, 9.17) is 5.73 Å². The predicted octanol–water partition coefficient (Wildman–Crippen LogP) is 1.57. The van der Waals surface area contributed by atoms with Gasteiger partial charge in [0.2, 0.25) is 5.91 Å². The molecule has 0 atom stereocenters. The molecular weight excluding hydrogens is 299 g/mol. The van der Waals surface area contributed by atoms with Crippen molar-refractivity contribution in [3.8, 4) is 0 Å². The normalized spacial score (nSPS) is 10.1. The number of rotatable bonds is 6. The monoisotopic (exact) mass is 315 g/mol. The minimum absolute atomic E-state index is 0. The van der Waals surface area contributed by atoms with E-state index in [2.05, 4.69) is 10.3 Å². The first kappa shape index (κ1) is 20.3. The Bertz CT molecular complexity index is 366. The van der Waals surface area contributed by atoms with Gasteiger partial charge in [0.25, 0.3) is 5.92 Å². The standard InChI is InChI=1S/C11H15F2N3O.2ClH/c12-11(13,7-14)8-16-10(17)2-1-9-3-5-15-6-4-9;;/h3-6H,1-2,7-8,14H2,(H,16,17);2*1H. The highest BCUT2D eigenvalue weighted by Crippen LogP contribution is 2.09. The minimum atomic E-state index is -3.04. The fraction of sp³-hybridized carbons (Fsp3) is 0.455. The van der Waals surface area contributed by atoms with E-state index in [1.165, 1.54) is 0 Å². The molecule has 0 spiro atoms. The predicted molar refractivity (Wildman–Crippen MR) is 74.1 cm³/mol. The number of nitrogens with zero attached hydrogens (tertiary/aromatic N) is 1. The molecule has 19 heavy (non-hydrogen) atoms. The summed E-state index contributed by atoms with van der Waals surface area (Å²) in [5, 5.41) is 2.16. The molecular formula is C11H17Cl2F2N3O. The third-order valence-corrected chi connectivity index (χ3v) is 2.23. The third kappa shape index (κ3) is 8.69. The van der Waals surface area contributed by atoms with Crippen molar-refractivity contribution in [3.05, 3.63) is 30.1 Å². The van der Waals surface area contributed by atoms with Gasteiger partial charge in [0.1, 0.15) is 0 Å². The van der Waals surface area contributed by atoms with Gasteiger partial charge in [0.05, 0.1) is 13.1 Å². The SMILES string of the molecule is Cl.Cl.NCC(F)(F)CNC(=O)CCc1ccncc1. The summed E-state index contributed by atoms with van der Waals surface area (Å²) in [5.74, 6) is -3.44. The Labute approximate surface area is 123 Å². The van der Waals surface area contributed by atoms with Crippen molar-refractivity contribution in [1.29, 1.82) is 0 Å². The zero-order chi connectivity index (χ0) is 12.7. The van der Waals surface area contributed by atoms with Gasteiger partial charge in [0, 0.05) is 18.8 Å². The Kier molecular flexibility index (Phi) is 10.6. The molecule has 1 aromatic rings. The highest BCUT2D eigenvalue weighted by atomic mass is 35.5. The van der Waals surface area contributed by atoms with Crippen LogP contribution < -0.4 is 11.1 Å². The van der Waals surface area contributed by atoms with Crippen molar-refractivity contribution < 1.29 is 13.6 Å². The second-order valence-corrected chi connectivity index (χ2v) is 3.69. The largest absolute Gasteiger partial charge is 0.350 e. The molecule has 0 aromatic carbocycles. The van der Waals surface area contributed by atoms with E-state index in [9.17, 15) is 13.6 Å². The molecule has 3 N–H and O–H groups in total. The number of nitrogens with one attached hydrogen (secondary N) is 1. The Hall–Kier alpha value is -0.980. The molecule has 4 nitrogen and oxygen atoms in total. The van der Waals surface area contributed by atoms with Crippen molar-refractivity contribution in [1.82, 2.24) is 10.3 Å². The molecule has 8 heteroatoms. The second-order valence-electron chi connectivity index (χ2n) is 3.69. The van der Waals surface area contributed by atoms with Gasteiger partial charge in [-0.1, -0.05) is 0 Å². The topological polar surface area (TPSA) is 68.0 Å². The average Bonchev–Trinajstić information content (AvgIpc) is 2.35. The van der Waals surface area contributed by atoms with Crippen LogP contribution in [-0.2, 0) is 11.2 Å². The summed E-state index contributed by atoms with van der Waals surface area (Å²) in [5.41, 5.74) is 5.79. The molecule has 0 radical (unpaired) electrons. The fourth-order valence-corrected chi connectivity index (χ4v) is 1.20. The van der Waals surface area contributed by atoms with Gasteiger partial charge in [-0.2, -0.15) is 0 Å². The first-order valence-electron chi connectivity index (χ1n) is 5.27. The number of amides is 1. The summed E-state index contributed by atoms with van der Waals surface area (Å²) in [6.07, 6.45) is 3.92. The van der Waals surface area contributed by atoms with Crippen LogP contribution in [0.2, 0.25) is 0 Å². The quantitative estimate of drug-likeness (QED) is 0.837. The number of halogens is 4. The van der Waals surface area contributed by atoms with E-state index in [0.29, 0.717) is 6.42 Å². The molecule has 0 saturated heterocycles. The summed E-state index contributed by atoms with van der Waals surface area (Å²) in [4.78, 5) is 15.1. The fourth-order valence-electron chi connectivity index (χ4n) is 1.20. The highest BCUT2D eigenvalue weighted by molar-refractivity contribution is 5.85. The molecule has 1 aromatic heterocycles. The number of nitrogens with two attached hydrogens (primary N) is 1. The van der Waals surface area contributed by atoms with E-state index in [1.54, 1.807) is 24.5 Å². The van der Waals surface area contributed by atoms with Gasteiger partial charge in [-0.15, -0.1) is 24.8 Å². The number of aromatic nitrogens is 1. The van der Waals surface area contributed by atoms with Crippen LogP contribution in [0.25, 0.3) is 0 Å². The molecule has 0 aliphatic rings. The molecule has 110 valence electrons. The van der Waals surface area contributed by atoms with Crippen LogP contribution in [0.1, 0.15) is 12.0 Å². The average molecular weight is 316 g/mol. The maximum absolute atomic E-state index is 12.7. The third-order valence-electron chi connectivity index (χ3n) is 2.23. The molecule has 0 bridgehead atoms. The number of hydrogen-bond donors (Lipinski definition) is 2. The van der Waals surface area contributed by atoms with Crippen LogP contribution in [0.4, 0.5) is 8.78 Å². The first-order chi connectivity index (χ1) is 8.03. The number of pyridine rings is 1. The maximum Gasteiger partial charge on any atom is 0.277 e. The highest BCUT2D eigenvalue weighted by Gasteiger charge is 2.26. The zero-order valence-corrected chi connectivity index (χ0v) is 11.8. The summed E-state index contributed by atoms with van der Waals surface area (Å²) in [6.45, 7) is -1.48. The minimum Gasteiger partial charge on any atom is -0.350 e. The van der Waals surface area contributed by atoms with E-state index >= 15 is 0 Å². The molecule has 0 aliphatic heterocycles. The lowest BCUT2D eigenvalue weighted by Gasteiger charge is -2.14. The van der Waals surface area contributed by atoms with Gasteiger partial charge in [-0.25, -0.2) is 8.78 Å². The van der Waals surface area contributed by atoms with Gasteiger partial charge < -0.3 is 11.1 Å². The van der Waals surface area contributed by atoms with Crippen LogP contribution in [-0.4, -0.2) is 29.9 Å². The second kappa shape index (κ2) is 9.89. The Balaban J connectivity index is 0.